The van der Waals surface area contributed by atoms with Crippen LogP contribution < -0.4 is 0 Å². The molecular weight excluding hydrogens is 326 g/mol. The fourth-order valence-electron chi connectivity index (χ4n) is 2.45. The Morgan fingerprint density at radius 3 is 2.90 bits per heavy atom. The Bertz CT molecular complexity index is 649. The first-order valence-corrected chi connectivity index (χ1v) is 7.19. The first-order chi connectivity index (χ1) is 9.54. The van der Waals surface area contributed by atoms with Crippen molar-refractivity contribution in [3.05, 3.63) is 33.8 Å². The van der Waals surface area contributed by atoms with Crippen molar-refractivity contribution in [1.29, 1.82) is 0 Å². The zero-order valence-electron chi connectivity index (χ0n) is 11.2. The van der Waals surface area contributed by atoms with E-state index < -0.39 is 0 Å². The maximum absolute atomic E-state index is 12.4. The minimum absolute atomic E-state index is 0.0179. The number of nitrogens with zero attached hydrogens (tertiary/aromatic N) is 3. The van der Waals surface area contributed by atoms with Crippen LogP contribution in [0, 0.1) is 13.8 Å². The predicted octanol–water partition coefficient (Wildman–Crippen LogP) is 2.67. The average Bonchev–Trinajstić information content (AvgIpc) is 3.08. The fourth-order valence-corrected chi connectivity index (χ4v) is 2.93. The Hall–Kier alpha value is -1.63. The van der Waals surface area contributed by atoms with Crippen molar-refractivity contribution in [3.63, 3.8) is 0 Å². The summed E-state index contributed by atoms with van der Waals surface area (Å²) in [5.74, 6) is 1.97. The number of furan rings is 1. The molecule has 0 aliphatic carbocycles. The van der Waals surface area contributed by atoms with Gasteiger partial charge in [0.25, 0.3) is 5.91 Å². The Kier molecular flexibility index (Phi) is 3.37. The molecule has 1 amide bonds. The molecule has 1 unspecified atom stereocenters. The highest BCUT2D eigenvalue weighted by Gasteiger charge is 2.32. The monoisotopic (exact) mass is 339 g/mol. The maximum Gasteiger partial charge on any atom is 0.257 e. The topological polar surface area (TPSA) is 72.4 Å². The number of carbonyl (C=O) groups is 1. The molecule has 3 rings (SSSR count). The number of carbonyl (C=O) groups excluding carboxylic acids is 1. The number of amides is 1. The van der Waals surface area contributed by atoms with Gasteiger partial charge in [0.2, 0.25) is 5.89 Å². The molecule has 106 valence electrons. The molecule has 6 nitrogen and oxygen atoms in total. The average molecular weight is 340 g/mol. The Balaban J connectivity index is 1.74. The van der Waals surface area contributed by atoms with E-state index in [1.807, 2.05) is 0 Å². The van der Waals surface area contributed by atoms with Gasteiger partial charge in [0.05, 0.1) is 11.5 Å². The molecule has 20 heavy (non-hydrogen) atoms. The third-order valence-corrected chi connectivity index (χ3v) is 3.88. The molecule has 0 saturated carbocycles. The van der Waals surface area contributed by atoms with Crippen LogP contribution in [-0.4, -0.2) is 34.0 Å². The second-order valence-corrected chi connectivity index (χ2v) is 5.72. The van der Waals surface area contributed by atoms with Gasteiger partial charge in [-0.25, -0.2) is 0 Å². The summed E-state index contributed by atoms with van der Waals surface area (Å²) < 4.78 is 11.1. The number of aromatic nitrogens is 2. The Labute approximate surface area is 124 Å². The molecule has 1 atom stereocenters. The van der Waals surface area contributed by atoms with Crippen molar-refractivity contribution in [2.45, 2.75) is 26.2 Å². The van der Waals surface area contributed by atoms with Crippen molar-refractivity contribution in [3.8, 4) is 0 Å². The summed E-state index contributed by atoms with van der Waals surface area (Å²) in [6.45, 7) is 4.86. The molecule has 0 aromatic carbocycles. The molecule has 2 aromatic rings. The minimum atomic E-state index is -0.0179. The highest BCUT2D eigenvalue weighted by atomic mass is 79.9. The zero-order valence-corrected chi connectivity index (χ0v) is 12.8. The lowest BCUT2D eigenvalue weighted by Crippen LogP contribution is -2.28. The Morgan fingerprint density at radius 2 is 2.30 bits per heavy atom. The lowest BCUT2D eigenvalue weighted by atomic mass is 10.1. The molecule has 1 aliphatic heterocycles. The molecule has 0 bridgehead atoms. The molecule has 1 fully saturated rings. The van der Waals surface area contributed by atoms with Gasteiger partial charge in [-0.15, -0.1) is 0 Å². The summed E-state index contributed by atoms with van der Waals surface area (Å²) in [4.78, 5) is 18.5. The highest BCUT2D eigenvalue weighted by Crippen LogP contribution is 2.28. The third kappa shape index (κ3) is 2.37. The molecule has 0 N–H and O–H groups in total. The van der Waals surface area contributed by atoms with Gasteiger partial charge < -0.3 is 13.8 Å². The molecule has 3 heterocycles. The molecule has 1 aliphatic rings. The third-order valence-electron chi connectivity index (χ3n) is 3.49. The number of rotatable bonds is 2. The van der Waals surface area contributed by atoms with Gasteiger partial charge in [0, 0.05) is 19.2 Å². The van der Waals surface area contributed by atoms with Crippen molar-refractivity contribution in [2.24, 2.45) is 0 Å². The van der Waals surface area contributed by atoms with Crippen LogP contribution in [0.3, 0.4) is 0 Å². The van der Waals surface area contributed by atoms with Gasteiger partial charge in [0.15, 0.2) is 10.5 Å². The number of aryl methyl sites for hydroxylation is 2. The van der Waals surface area contributed by atoms with Crippen LogP contribution in [0.2, 0.25) is 0 Å². The maximum atomic E-state index is 12.4. The van der Waals surface area contributed by atoms with Crippen molar-refractivity contribution < 1.29 is 13.7 Å². The number of likely N-dealkylation sites (tertiary alicyclic amines) is 1. The van der Waals surface area contributed by atoms with Crippen LogP contribution in [0.15, 0.2) is 19.7 Å². The van der Waals surface area contributed by atoms with Crippen LogP contribution in [0.5, 0.6) is 0 Å². The zero-order chi connectivity index (χ0) is 14.3. The Morgan fingerprint density at radius 1 is 1.50 bits per heavy atom. The van der Waals surface area contributed by atoms with Crippen LogP contribution >= 0.6 is 15.9 Å². The summed E-state index contributed by atoms with van der Waals surface area (Å²) >= 11 is 3.24. The van der Waals surface area contributed by atoms with E-state index in [9.17, 15) is 4.79 Å². The van der Waals surface area contributed by atoms with E-state index in [0.717, 1.165) is 6.42 Å². The lowest BCUT2D eigenvalue weighted by molar-refractivity contribution is 0.0788. The second kappa shape index (κ2) is 5.05. The smallest absolute Gasteiger partial charge is 0.257 e. The molecule has 2 aromatic heterocycles. The van der Waals surface area contributed by atoms with E-state index in [-0.39, 0.29) is 11.8 Å². The summed E-state index contributed by atoms with van der Waals surface area (Å²) in [6.07, 6.45) is 0.839. The lowest BCUT2D eigenvalue weighted by Gasteiger charge is -2.14. The summed E-state index contributed by atoms with van der Waals surface area (Å²) in [6, 6.07) is 1.71. The molecular formula is C13H14BrN3O3. The van der Waals surface area contributed by atoms with Crippen LogP contribution in [0.1, 0.15) is 40.2 Å². The van der Waals surface area contributed by atoms with Gasteiger partial charge in [-0.05, 0) is 36.2 Å². The fraction of sp³-hybridized carbons (Fsp3) is 0.462. The van der Waals surface area contributed by atoms with E-state index in [0.29, 0.717) is 40.8 Å². The minimum Gasteiger partial charge on any atom is -0.454 e. The number of halogens is 1. The van der Waals surface area contributed by atoms with E-state index in [1.165, 1.54) is 0 Å². The van der Waals surface area contributed by atoms with Gasteiger partial charge in [0.1, 0.15) is 5.76 Å². The molecule has 0 spiro atoms. The highest BCUT2D eigenvalue weighted by molar-refractivity contribution is 9.10. The van der Waals surface area contributed by atoms with Crippen LogP contribution in [0.4, 0.5) is 0 Å². The van der Waals surface area contributed by atoms with Gasteiger partial charge in [-0.1, -0.05) is 5.16 Å². The summed E-state index contributed by atoms with van der Waals surface area (Å²) in [5, 5.41) is 3.80. The predicted molar refractivity (Wildman–Crippen MR) is 73.4 cm³/mol. The van der Waals surface area contributed by atoms with E-state index >= 15 is 0 Å². The first kappa shape index (κ1) is 13.4. The standard InChI is InChI=1S/C13H14BrN3O3/c1-7-10(5-11(14)19-7)13(18)17-4-3-9(6-17)12-15-8(2)16-20-12/h5,9H,3-4,6H2,1-2H3. The normalized spacial score (nSPS) is 18.8. The van der Waals surface area contributed by atoms with Gasteiger partial charge >= 0.3 is 0 Å². The van der Waals surface area contributed by atoms with Gasteiger partial charge in [-0.2, -0.15) is 4.98 Å². The first-order valence-electron chi connectivity index (χ1n) is 6.40. The van der Waals surface area contributed by atoms with Crippen molar-refractivity contribution in [1.82, 2.24) is 15.0 Å². The molecule has 1 saturated heterocycles. The largest absolute Gasteiger partial charge is 0.454 e. The number of hydrogen-bond acceptors (Lipinski definition) is 5. The molecule has 7 heteroatoms. The SMILES string of the molecule is Cc1noc(C2CCN(C(=O)c3cc(Br)oc3C)C2)n1. The van der Waals surface area contributed by atoms with Crippen LogP contribution in [-0.2, 0) is 0 Å². The van der Waals surface area contributed by atoms with E-state index in [4.69, 9.17) is 8.94 Å². The quantitative estimate of drug-likeness (QED) is 0.840. The van der Waals surface area contributed by atoms with Crippen LogP contribution in [0.25, 0.3) is 0 Å². The summed E-state index contributed by atoms with van der Waals surface area (Å²) in [7, 11) is 0. The van der Waals surface area contributed by atoms with E-state index in [1.54, 1.807) is 24.8 Å². The summed E-state index contributed by atoms with van der Waals surface area (Å²) in [5.41, 5.74) is 0.597. The second-order valence-electron chi connectivity index (χ2n) is 4.94. The molecule has 0 radical (unpaired) electrons. The van der Waals surface area contributed by atoms with Crippen molar-refractivity contribution >= 4 is 21.8 Å². The van der Waals surface area contributed by atoms with Crippen molar-refractivity contribution in [2.75, 3.05) is 13.1 Å². The van der Waals surface area contributed by atoms with Gasteiger partial charge in [-0.3, -0.25) is 4.79 Å². The number of hydrogen-bond donors (Lipinski definition) is 0. The van der Waals surface area contributed by atoms with E-state index in [2.05, 4.69) is 26.1 Å².